The summed E-state index contributed by atoms with van der Waals surface area (Å²) in [4.78, 5) is 0. The predicted molar refractivity (Wildman–Crippen MR) is 185 cm³/mol. The van der Waals surface area contributed by atoms with Crippen LogP contribution in [-0.4, -0.2) is 9.13 Å². The average molecular weight is 565 g/mol. The Balaban J connectivity index is 1.23. The Morgan fingerprint density at radius 1 is 0.409 bits per heavy atom. The lowest BCUT2D eigenvalue weighted by molar-refractivity contribution is 0.594. The van der Waals surface area contributed by atoms with E-state index in [-0.39, 0.29) is 10.8 Å². The van der Waals surface area contributed by atoms with E-state index in [1.54, 1.807) is 0 Å². The lowest BCUT2D eigenvalue weighted by atomic mass is 9.68. The summed E-state index contributed by atoms with van der Waals surface area (Å²) < 4.78 is 5.00. The number of hydrogen-bond donors (Lipinski definition) is 0. The summed E-state index contributed by atoms with van der Waals surface area (Å²) in [6.45, 7) is 9.61. The third kappa shape index (κ3) is 2.78. The van der Waals surface area contributed by atoms with Crippen molar-refractivity contribution in [2.24, 2.45) is 0 Å². The normalized spacial score (nSPS) is 15.6. The van der Waals surface area contributed by atoms with Crippen LogP contribution in [0.25, 0.3) is 66.1 Å². The Morgan fingerprint density at radius 3 is 1.64 bits per heavy atom. The van der Waals surface area contributed by atoms with Crippen molar-refractivity contribution >= 4 is 43.6 Å². The van der Waals surface area contributed by atoms with Crippen molar-refractivity contribution in [2.45, 2.75) is 38.5 Å². The van der Waals surface area contributed by atoms with Crippen LogP contribution in [0.1, 0.15) is 49.9 Å². The van der Waals surface area contributed by atoms with Gasteiger partial charge in [0.05, 0.1) is 27.8 Å². The van der Waals surface area contributed by atoms with Gasteiger partial charge in [0.2, 0.25) is 0 Å². The van der Waals surface area contributed by atoms with Gasteiger partial charge in [0.1, 0.15) is 0 Å². The molecule has 0 bridgehead atoms. The molecule has 10 rings (SSSR count). The fourth-order valence-corrected chi connectivity index (χ4v) is 8.65. The quantitative estimate of drug-likeness (QED) is 0.198. The van der Waals surface area contributed by atoms with Crippen LogP contribution in [0.15, 0.2) is 121 Å². The van der Waals surface area contributed by atoms with Crippen LogP contribution in [0.3, 0.4) is 0 Å². The molecular formula is C42H32N2. The highest BCUT2D eigenvalue weighted by Gasteiger charge is 2.43. The van der Waals surface area contributed by atoms with Crippen molar-refractivity contribution in [1.82, 2.24) is 9.13 Å². The first-order valence-corrected chi connectivity index (χ1v) is 15.7. The number of para-hydroxylation sites is 4. The second kappa shape index (κ2) is 7.89. The number of rotatable bonds is 2. The lowest BCUT2D eigenvalue weighted by Crippen LogP contribution is -2.33. The van der Waals surface area contributed by atoms with Gasteiger partial charge in [-0.25, -0.2) is 0 Å². The van der Waals surface area contributed by atoms with E-state index < -0.39 is 0 Å². The molecule has 8 aromatic rings. The second-order valence-corrected chi connectivity index (χ2v) is 13.8. The highest BCUT2D eigenvalue weighted by molar-refractivity contribution is 6.15. The zero-order valence-corrected chi connectivity index (χ0v) is 25.4. The molecule has 210 valence electrons. The molecule has 0 aliphatic carbocycles. The van der Waals surface area contributed by atoms with Gasteiger partial charge < -0.3 is 9.13 Å². The van der Waals surface area contributed by atoms with Crippen molar-refractivity contribution < 1.29 is 0 Å². The van der Waals surface area contributed by atoms with Crippen LogP contribution in [0.4, 0.5) is 0 Å². The van der Waals surface area contributed by atoms with Crippen molar-refractivity contribution in [3.05, 3.63) is 144 Å². The molecule has 2 aromatic heterocycles. The minimum absolute atomic E-state index is 0.0612. The van der Waals surface area contributed by atoms with E-state index in [0.29, 0.717) is 0 Å². The van der Waals surface area contributed by atoms with E-state index in [2.05, 4.69) is 158 Å². The zero-order chi connectivity index (χ0) is 29.5. The van der Waals surface area contributed by atoms with Crippen LogP contribution >= 0.6 is 0 Å². The number of fused-ring (bicyclic) bond motifs is 4. The molecule has 2 nitrogen and oxygen atoms in total. The molecule has 2 heteroatoms. The monoisotopic (exact) mass is 564 g/mol. The van der Waals surface area contributed by atoms with Gasteiger partial charge in [0.25, 0.3) is 0 Å². The van der Waals surface area contributed by atoms with E-state index >= 15 is 0 Å². The summed E-state index contributed by atoms with van der Waals surface area (Å²) in [5.41, 5.74) is 15.8. The fourth-order valence-electron chi connectivity index (χ4n) is 8.65. The molecule has 0 fully saturated rings. The molecule has 0 unspecified atom stereocenters. The smallest absolute Gasteiger partial charge is 0.0582 e. The van der Waals surface area contributed by atoms with E-state index in [1.165, 1.54) is 88.4 Å². The van der Waals surface area contributed by atoms with Gasteiger partial charge in [0.15, 0.2) is 0 Å². The first-order valence-electron chi connectivity index (χ1n) is 15.7. The SMILES string of the molecule is CC1(C)c2cccc3c2-n2c4c1cccc4c1cc(-c4ccc(-n5c6ccccc6c6ccccc65)cc4)cc(c12)C3(C)C. The van der Waals surface area contributed by atoms with E-state index in [0.717, 1.165) is 0 Å². The van der Waals surface area contributed by atoms with Gasteiger partial charge >= 0.3 is 0 Å². The largest absolute Gasteiger partial charge is 0.309 e. The van der Waals surface area contributed by atoms with Crippen molar-refractivity contribution in [1.29, 1.82) is 0 Å². The maximum atomic E-state index is 2.60. The molecular weight excluding hydrogens is 532 g/mol. The van der Waals surface area contributed by atoms with Crippen LogP contribution < -0.4 is 0 Å². The lowest BCUT2D eigenvalue weighted by Gasteiger charge is -2.42. The number of aromatic nitrogens is 2. The Kier molecular flexibility index (Phi) is 4.37. The molecule has 0 spiro atoms. The average Bonchev–Trinajstić information content (AvgIpc) is 3.56. The van der Waals surface area contributed by atoms with Crippen LogP contribution in [0, 0.1) is 0 Å². The summed E-state index contributed by atoms with van der Waals surface area (Å²) >= 11 is 0. The van der Waals surface area contributed by atoms with Gasteiger partial charge in [-0.3, -0.25) is 0 Å². The number of hydrogen-bond acceptors (Lipinski definition) is 0. The van der Waals surface area contributed by atoms with Crippen LogP contribution in [-0.2, 0) is 10.8 Å². The molecule has 0 radical (unpaired) electrons. The summed E-state index contributed by atoms with van der Waals surface area (Å²) in [5.74, 6) is 0. The minimum Gasteiger partial charge on any atom is -0.309 e. The van der Waals surface area contributed by atoms with E-state index in [9.17, 15) is 0 Å². The maximum Gasteiger partial charge on any atom is 0.0582 e. The van der Waals surface area contributed by atoms with Crippen LogP contribution in [0.2, 0.25) is 0 Å². The van der Waals surface area contributed by atoms with Gasteiger partial charge in [-0.15, -0.1) is 0 Å². The first-order chi connectivity index (χ1) is 21.4. The van der Waals surface area contributed by atoms with Gasteiger partial charge in [-0.05, 0) is 69.8 Å². The number of nitrogens with zero attached hydrogens (tertiary/aromatic N) is 2. The van der Waals surface area contributed by atoms with Gasteiger partial charge in [-0.2, -0.15) is 0 Å². The molecule has 2 aliphatic heterocycles. The summed E-state index contributed by atoms with van der Waals surface area (Å²) in [7, 11) is 0. The number of benzene rings is 6. The molecule has 6 aromatic carbocycles. The first kappa shape index (κ1) is 24.4. The third-order valence-electron chi connectivity index (χ3n) is 10.9. The van der Waals surface area contributed by atoms with E-state index in [4.69, 9.17) is 0 Å². The zero-order valence-electron chi connectivity index (χ0n) is 25.4. The Morgan fingerprint density at radius 2 is 0.955 bits per heavy atom. The Bertz CT molecular complexity index is 2480. The topological polar surface area (TPSA) is 9.86 Å². The Hall–Kier alpha value is -5.08. The van der Waals surface area contributed by atoms with Crippen molar-refractivity contribution in [3.8, 4) is 22.5 Å². The standard InChI is InChI=1S/C42H32N2/c1-41(2)32-14-9-13-30-31-23-26(24-35-39(31)44(38(30)32)40-33(41)15-10-16-34(40)42(35,3)4)25-19-21-27(22-20-25)43-36-17-7-5-11-28(36)29-12-6-8-18-37(29)43/h5-24H,1-4H3. The molecule has 4 heterocycles. The van der Waals surface area contributed by atoms with Crippen molar-refractivity contribution in [2.75, 3.05) is 0 Å². The molecule has 0 saturated heterocycles. The van der Waals surface area contributed by atoms with Gasteiger partial charge in [0, 0.05) is 38.1 Å². The van der Waals surface area contributed by atoms with Crippen LogP contribution in [0.5, 0.6) is 0 Å². The minimum atomic E-state index is -0.125. The molecule has 44 heavy (non-hydrogen) atoms. The van der Waals surface area contributed by atoms with E-state index in [1.807, 2.05) is 0 Å². The summed E-state index contributed by atoms with van der Waals surface area (Å²) in [6, 6.07) is 45.4. The van der Waals surface area contributed by atoms with Crippen molar-refractivity contribution in [3.63, 3.8) is 0 Å². The van der Waals surface area contributed by atoms with Gasteiger partial charge in [-0.1, -0.05) is 113 Å². The third-order valence-corrected chi connectivity index (χ3v) is 10.9. The highest BCUT2D eigenvalue weighted by Crippen LogP contribution is 2.55. The molecule has 0 N–H and O–H groups in total. The predicted octanol–water partition coefficient (Wildman–Crippen LogP) is 10.8. The highest BCUT2D eigenvalue weighted by atomic mass is 15.0. The fraction of sp³-hybridized carbons (Fsp3) is 0.143. The molecule has 2 aliphatic rings. The Labute approximate surface area is 256 Å². The maximum absolute atomic E-state index is 2.60. The second-order valence-electron chi connectivity index (χ2n) is 13.8. The summed E-state index contributed by atoms with van der Waals surface area (Å²) in [6.07, 6.45) is 0. The molecule has 0 saturated carbocycles. The molecule has 0 amide bonds. The molecule has 0 atom stereocenters. The summed E-state index contributed by atoms with van der Waals surface area (Å²) in [5, 5.41) is 5.29.